The number of nitrogens with zero attached hydrogens (tertiary/aromatic N) is 1. The van der Waals surface area contributed by atoms with Gasteiger partial charge in [0.1, 0.15) is 12.4 Å². The van der Waals surface area contributed by atoms with E-state index in [1.807, 2.05) is 6.08 Å². The van der Waals surface area contributed by atoms with E-state index in [0.717, 1.165) is 54.9 Å². The first kappa shape index (κ1) is 18.5. The second kappa shape index (κ2) is 8.82. The Kier molecular flexibility index (Phi) is 7.43. The fourth-order valence-electron chi connectivity index (χ4n) is 2.20. The van der Waals surface area contributed by atoms with E-state index in [1.165, 1.54) is 0 Å². The van der Waals surface area contributed by atoms with Gasteiger partial charge < -0.3 is 9.57 Å². The molecule has 1 aliphatic rings. The second-order valence-corrected chi connectivity index (χ2v) is 6.97. The van der Waals surface area contributed by atoms with Crippen molar-refractivity contribution in [3.63, 3.8) is 0 Å². The molecule has 3 nitrogen and oxygen atoms in total. The Labute approximate surface area is 135 Å². The molecule has 0 bridgehead atoms. The summed E-state index contributed by atoms with van der Waals surface area (Å²) in [5, 5.41) is 4.18. The first-order valence-electron chi connectivity index (χ1n) is 8.28. The fourth-order valence-corrected chi connectivity index (χ4v) is 2.20. The van der Waals surface area contributed by atoms with Gasteiger partial charge in [-0.1, -0.05) is 52.8 Å². The summed E-state index contributed by atoms with van der Waals surface area (Å²) in [6, 6.07) is 0. The van der Waals surface area contributed by atoms with Gasteiger partial charge in [0.15, 0.2) is 0 Å². The second-order valence-electron chi connectivity index (χ2n) is 6.97. The average molecular weight is 305 g/mol. The van der Waals surface area contributed by atoms with E-state index < -0.39 is 0 Å². The Morgan fingerprint density at radius 2 is 2.05 bits per heavy atom. The molecule has 1 rings (SSSR count). The van der Waals surface area contributed by atoms with Gasteiger partial charge in [-0.3, -0.25) is 0 Å². The maximum atomic E-state index is 5.84. The molecule has 0 amide bonds. The minimum atomic E-state index is 0.197. The van der Waals surface area contributed by atoms with Crippen molar-refractivity contribution >= 4 is 5.71 Å². The minimum Gasteiger partial charge on any atom is -0.493 e. The van der Waals surface area contributed by atoms with Gasteiger partial charge in [0, 0.05) is 5.57 Å². The van der Waals surface area contributed by atoms with Gasteiger partial charge in [-0.15, -0.1) is 0 Å². The van der Waals surface area contributed by atoms with E-state index in [9.17, 15) is 0 Å². The Morgan fingerprint density at radius 3 is 2.64 bits per heavy atom. The summed E-state index contributed by atoms with van der Waals surface area (Å²) >= 11 is 0. The number of rotatable bonds is 8. The maximum Gasteiger partial charge on any atom is 0.144 e. The van der Waals surface area contributed by atoms with Crippen molar-refractivity contribution in [1.82, 2.24) is 0 Å². The lowest BCUT2D eigenvalue weighted by atomic mass is 9.87. The van der Waals surface area contributed by atoms with E-state index in [0.29, 0.717) is 6.61 Å². The van der Waals surface area contributed by atoms with Crippen LogP contribution in [-0.2, 0) is 9.57 Å². The van der Waals surface area contributed by atoms with Crippen molar-refractivity contribution in [1.29, 1.82) is 0 Å². The number of oxime groups is 1. The molecular formula is C19H31NO2. The first-order valence-corrected chi connectivity index (χ1v) is 8.28. The van der Waals surface area contributed by atoms with Crippen molar-refractivity contribution in [3.8, 4) is 0 Å². The summed E-state index contributed by atoms with van der Waals surface area (Å²) in [6.45, 7) is 16.3. The summed E-state index contributed by atoms with van der Waals surface area (Å²) in [5.41, 5.74) is 3.43. The first-order chi connectivity index (χ1) is 10.4. The molecule has 0 atom stereocenters. The normalized spacial score (nSPS) is 17.4. The Bertz CT molecular complexity index is 464. The molecule has 0 saturated heterocycles. The maximum absolute atomic E-state index is 5.84. The zero-order chi connectivity index (χ0) is 16.6. The molecular weight excluding hydrogens is 274 g/mol. The molecule has 0 unspecified atom stereocenters. The molecule has 3 heteroatoms. The molecule has 0 spiro atoms. The molecule has 1 aliphatic heterocycles. The highest BCUT2D eigenvalue weighted by molar-refractivity contribution is 6.01. The van der Waals surface area contributed by atoms with E-state index >= 15 is 0 Å². The largest absolute Gasteiger partial charge is 0.493 e. The molecule has 0 aliphatic carbocycles. The van der Waals surface area contributed by atoms with Crippen molar-refractivity contribution in [2.24, 2.45) is 10.6 Å². The van der Waals surface area contributed by atoms with Crippen LogP contribution in [0, 0.1) is 5.41 Å². The topological polar surface area (TPSA) is 30.8 Å². The molecule has 124 valence electrons. The van der Waals surface area contributed by atoms with Gasteiger partial charge in [-0.25, -0.2) is 0 Å². The Balaban J connectivity index is 2.86. The number of hydrogen-bond donors (Lipinski definition) is 0. The van der Waals surface area contributed by atoms with Crippen LogP contribution in [0.15, 0.2) is 40.8 Å². The third-order valence-corrected chi connectivity index (χ3v) is 3.26. The standard InChI is InChI=1S/C19H31NO2/c1-7-9-15(3)18(21-12-8-2)11-10-16-14-22-20-17(16)13-19(4,5)6/h10-11H,3,7-9,12-14H2,1-2,4-6H3/b16-10+,18-11+. The summed E-state index contributed by atoms with van der Waals surface area (Å²) < 4.78 is 5.84. The number of allylic oxidation sites excluding steroid dienone is 3. The third kappa shape index (κ3) is 6.50. The lowest BCUT2D eigenvalue weighted by Crippen LogP contribution is -2.13. The quantitative estimate of drug-likeness (QED) is 0.444. The predicted octanol–water partition coefficient (Wildman–Crippen LogP) is 5.40. The van der Waals surface area contributed by atoms with E-state index in [4.69, 9.17) is 9.57 Å². The summed E-state index contributed by atoms with van der Waals surface area (Å²) in [5.74, 6) is 0.887. The van der Waals surface area contributed by atoms with Gasteiger partial charge in [-0.2, -0.15) is 0 Å². The smallest absolute Gasteiger partial charge is 0.144 e. The zero-order valence-corrected chi connectivity index (χ0v) is 14.9. The lowest BCUT2D eigenvalue weighted by Gasteiger charge is -2.17. The summed E-state index contributed by atoms with van der Waals surface area (Å²) in [4.78, 5) is 5.26. The van der Waals surface area contributed by atoms with Gasteiger partial charge in [0.2, 0.25) is 0 Å². The zero-order valence-electron chi connectivity index (χ0n) is 14.9. The van der Waals surface area contributed by atoms with Crippen molar-refractivity contribution in [3.05, 3.63) is 35.6 Å². The summed E-state index contributed by atoms with van der Waals surface area (Å²) in [7, 11) is 0. The average Bonchev–Trinajstić information content (AvgIpc) is 2.84. The highest BCUT2D eigenvalue weighted by Gasteiger charge is 2.21. The van der Waals surface area contributed by atoms with Crippen molar-refractivity contribution in [2.75, 3.05) is 13.2 Å². The van der Waals surface area contributed by atoms with Crippen LogP contribution in [0.4, 0.5) is 0 Å². The number of hydrogen-bond acceptors (Lipinski definition) is 3. The SMILES string of the molecule is C=C(CCC)/C(=C\C=C1/CON=C1CC(C)(C)C)OCCC. The van der Waals surface area contributed by atoms with Gasteiger partial charge >= 0.3 is 0 Å². The highest BCUT2D eigenvalue weighted by Crippen LogP contribution is 2.25. The molecule has 0 aromatic heterocycles. The molecule has 0 fully saturated rings. The van der Waals surface area contributed by atoms with E-state index in [1.54, 1.807) is 0 Å². The van der Waals surface area contributed by atoms with E-state index in [-0.39, 0.29) is 5.41 Å². The van der Waals surface area contributed by atoms with Crippen LogP contribution >= 0.6 is 0 Å². The monoisotopic (exact) mass is 305 g/mol. The van der Waals surface area contributed by atoms with Crippen LogP contribution in [-0.4, -0.2) is 18.9 Å². The predicted molar refractivity (Wildman–Crippen MR) is 93.9 cm³/mol. The molecule has 0 aromatic carbocycles. The number of ether oxygens (including phenoxy) is 1. The summed E-state index contributed by atoms with van der Waals surface area (Å²) in [6.07, 6.45) is 8.03. The highest BCUT2D eigenvalue weighted by atomic mass is 16.6. The van der Waals surface area contributed by atoms with Crippen molar-refractivity contribution in [2.45, 2.75) is 60.3 Å². The van der Waals surface area contributed by atoms with Gasteiger partial charge in [0.25, 0.3) is 0 Å². The molecule has 0 radical (unpaired) electrons. The van der Waals surface area contributed by atoms with Crippen LogP contribution in [0.25, 0.3) is 0 Å². The molecule has 0 aromatic rings. The molecule has 0 saturated carbocycles. The van der Waals surface area contributed by atoms with Crippen LogP contribution in [0.1, 0.15) is 60.3 Å². The Morgan fingerprint density at radius 1 is 1.32 bits per heavy atom. The Hall–Kier alpha value is -1.51. The van der Waals surface area contributed by atoms with Gasteiger partial charge in [-0.05, 0) is 42.4 Å². The van der Waals surface area contributed by atoms with Crippen LogP contribution in [0.3, 0.4) is 0 Å². The van der Waals surface area contributed by atoms with E-state index in [2.05, 4.69) is 52.4 Å². The molecule has 22 heavy (non-hydrogen) atoms. The minimum absolute atomic E-state index is 0.197. The third-order valence-electron chi connectivity index (χ3n) is 3.26. The van der Waals surface area contributed by atoms with Gasteiger partial charge in [0.05, 0.1) is 12.3 Å². The molecule has 0 N–H and O–H groups in total. The lowest BCUT2D eigenvalue weighted by molar-refractivity contribution is 0.186. The molecule has 1 heterocycles. The van der Waals surface area contributed by atoms with Crippen LogP contribution in [0.5, 0.6) is 0 Å². The van der Waals surface area contributed by atoms with Crippen molar-refractivity contribution < 1.29 is 9.57 Å². The fraction of sp³-hybridized carbons (Fsp3) is 0.632. The van der Waals surface area contributed by atoms with Crippen LogP contribution in [0.2, 0.25) is 0 Å². The van der Waals surface area contributed by atoms with Crippen LogP contribution < -0.4 is 0 Å².